The van der Waals surface area contributed by atoms with Gasteiger partial charge in [-0.05, 0) is 30.7 Å². The van der Waals surface area contributed by atoms with E-state index < -0.39 is 15.8 Å². The summed E-state index contributed by atoms with van der Waals surface area (Å²) in [6.45, 7) is 2.93. The second-order valence-electron chi connectivity index (χ2n) is 4.24. The first-order valence-corrected chi connectivity index (χ1v) is 6.82. The molecule has 1 N–H and O–H groups in total. The predicted octanol–water partition coefficient (Wildman–Crippen LogP) is 1.15. The molecule has 18 heavy (non-hydrogen) atoms. The van der Waals surface area contributed by atoms with Gasteiger partial charge in [-0.25, -0.2) is 12.8 Å². The van der Waals surface area contributed by atoms with Crippen LogP contribution in [0.3, 0.4) is 0 Å². The summed E-state index contributed by atoms with van der Waals surface area (Å²) >= 11 is 0. The Morgan fingerprint density at radius 1 is 1.39 bits per heavy atom. The maximum Gasteiger partial charge on any atom is 0.243 e. The molecule has 1 aromatic rings. The topological polar surface area (TPSA) is 49.4 Å². The van der Waals surface area contributed by atoms with Crippen LogP contribution >= 0.6 is 12.4 Å². The molecule has 7 heteroatoms. The van der Waals surface area contributed by atoms with Crippen molar-refractivity contribution in [1.82, 2.24) is 9.62 Å². The minimum absolute atomic E-state index is 0. The molecule has 2 rings (SSSR count). The summed E-state index contributed by atoms with van der Waals surface area (Å²) in [5.41, 5.74) is 0.434. The van der Waals surface area contributed by atoms with E-state index in [-0.39, 0.29) is 23.3 Å². The van der Waals surface area contributed by atoms with E-state index in [1.165, 1.54) is 22.5 Å². The number of halogens is 2. The predicted molar refractivity (Wildman–Crippen MR) is 70.0 cm³/mol. The van der Waals surface area contributed by atoms with Crippen molar-refractivity contribution in [2.24, 2.45) is 0 Å². The van der Waals surface area contributed by atoms with E-state index in [0.29, 0.717) is 18.7 Å². The Balaban J connectivity index is 0.00000162. The first kappa shape index (κ1) is 15.4. The molecule has 1 heterocycles. The normalized spacial score (nSPS) is 16.2. The van der Waals surface area contributed by atoms with Crippen LogP contribution in [0.1, 0.15) is 5.56 Å². The summed E-state index contributed by atoms with van der Waals surface area (Å²) in [5, 5.41) is 3.02. The van der Waals surface area contributed by atoms with Crippen LogP contribution in [0.25, 0.3) is 0 Å². The molecule has 0 aliphatic carbocycles. The summed E-state index contributed by atoms with van der Waals surface area (Å²) < 4.78 is 38.9. The Morgan fingerprint density at radius 2 is 2.00 bits per heavy atom. The van der Waals surface area contributed by atoms with Gasteiger partial charge in [0.05, 0.1) is 4.90 Å². The first-order valence-electron chi connectivity index (χ1n) is 5.38. The lowest BCUT2D eigenvalue weighted by Crippen LogP contribution is -2.57. The molecule has 0 spiro atoms. The Morgan fingerprint density at radius 3 is 2.44 bits per heavy atom. The number of hydrogen-bond acceptors (Lipinski definition) is 3. The lowest BCUT2D eigenvalue weighted by atomic mass is 10.2. The second kappa shape index (κ2) is 5.52. The van der Waals surface area contributed by atoms with Crippen molar-refractivity contribution in [2.75, 3.05) is 20.1 Å². The molecule has 0 unspecified atom stereocenters. The summed E-state index contributed by atoms with van der Waals surface area (Å²) in [5.74, 6) is -0.422. The van der Waals surface area contributed by atoms with Crippen LogP contribution in [-0.4, -0.2) is 38.9 Å². The van der Waals surface area contributed by atoms with Crippen LogP contribution < -0.4 is 5.32 Å². The van der Waals surface area contributed by atoms with E-state index >= 15 is 0 Å². The van der Waals surface area contributed by atoms with Gasteiger partial charge in [0.1, 0.15) is 5.82 Å². The SMILES string of the molecule is Cc1cc(F)ccc1S(=O)(=O)N(C)C1CNC1.Cl. The van der Waals surface area contributed by atoms with Gasteiger partial charge in [0.2, 0.25) is 10.0 Å². The smallest absolute Gasteiger partial charge is 0.243 e. The molecule has 1 aliphatic rings. The van der Waals surface area contributed by atoms with Crippen molar-refractivity contribution in [3.8, 4) is 0 Å². The summed E-state index contributed by atoms with van der Waals surface area (Å²) in [7, 11) is -1.96. The fourth-order valence-corrected chi connectivity index (χ4v) is 3.34. The highest BCUT2D eigenvalue weighted by atomic mass is 35.5. The summed E-state index contributed by atoms with van der Waals surface area (Å²) in [6, 6.07) is 3.72. The second-order valence-corrected chi connectivity index (χ2v) is 6.21. The molecule has 0 radical (unpaired) electrons. The van der Waals surface area contributed by atoms with Gasteiger partial charge >= 0.3 is 0 Å². The molecule has 1 aromatic carbocycles. The van der Waals surface area contributed by atoms with E-state index in [4.69, 9.17) is 0 Å². The van der Waals surface area contributed by atoms with Crippen molar-refractivity contribution in [2.45, 2.75) is 17.9 Å². The van der Waals surface area contributed by atoms with Crippen molar-refractivity contribution < 1.29 is 12.8 Å². The van der Waals surface area contributed by atoms with E-state index in [0.717, 1.165) is 0 Å². The zero-order valence-electron chi connectivity index (χ0n) is 10.2. The standard InChI is InChI=1S/C11H15FN2O2S.ClH/c1-8-5-9(12)3-4-11(8)17(15,16)14(2)10-6-13-7-10;/h3-5,10,13H,6-7H2,1-2H3;1H. The Kier molecular flexibility index (Phi) is 4.72. The molecule has 1 saturated heterocycles. The maximum absolute atomic E-state index is 13.0. The molecule has 0 bridgehead atoms. The molecule has 0 amide bonds. The first-order chi connectivity index (χ1) is 7.93. The number of likely N-dealkylation sites (N-methyl/N-ethyl adjacent to an activating group) is 1. The van der Waals surface area contributed by atoms with Crippen LogP contribution in [0.5, 0.6) is 0 Å². The average molecular weight is 295 g/mol. The average Bonchev–Trinajstić information content (AvgIpc) is 2.13. The van der Waals surface area contributed by atoms with Gasteiger partial charge in [-0.3, -0.25) is 0 Å². The Hall–Kier alpha value is -0.690. The molecule has 1 fully saturated rings. The third kappa shape index (κ3) is 2.66. The van der Waals surface area contributed by atoms with Gasteiger partial charge in [0, 0.05) is 26.2 Å². The number of hydrogen-bond donors (Lipinski definition) is 1. The van der Waals surface area contributed by atoms with E-state index in [1.807, 2.05) is 0 Å². The van der Waals surface area contributed by atoms with Gasteiger partial charge in [-0.15, -0.1) is 12.4 Å². The molecular weight excluding hydrogens is 279 g/mol. The minimum Gasteiger partial charge on any atom is -0.313 e. The quantitative estimate of drug-likeness (QED) is 0.910. The largest absolute Gasteiger partial charge is 0.313 e. The third-order valence-corrected chi connectivity index (χ3v) is 5.14. The third-order valence-electron chi connectivity index (χ3n) is 3.07. The fraction of sp³-hybridized carbons (Fsp3) is 0.455. The highest BCUT2D eigenvalue weighted by Gasteiger charge is 2.32. The number of nitrogens with zero attached hydrogens (tertiary/aromatic N) is 1. The lowest BCUT2D eigenvalue weighted by Gasteiger charge is -2.34. The number of rotatable bonds is 3. The number of nitrogens with one attached hydrogen (secondary N) is 1. The monoisotopic (exact) mass is 294 g/mol. The van der Waals surface area contributed by atoms with Gasteiger partial charge in [-0.1, -0.05) is 0 Å². The van der Waals surface area contributed by atoms with Crippen molar-refractivity contribution in [1.29, 1.82) is 0 Å². The zero-order chi connectivity index (χ0) is 12.6. The number of sulfonamides is 1. The van der Waals surface area contributed by atoms with Crippen LogP contribution in [0.4, 0.5) is 4.39 Å². The van der Waals surface area contributed by atoms with E-state index in [1.54, 1.807) is 14.0 Å². The summed E-state index contributed by atoms with van der Waals surface area (Å²) in [6.07, 6.45) is 0. The maximum atomic E-state index is 13.0. The van der Waals surface area contributed by atoms with E-state index in [2.05, 4.69) is 5.32 Å². The Labute approximate surface area is 113 Å². The van der Waals surface area contributed by atoms with Crippen LogP contribution in [0, 0.1) is 12.7 Å². The molecule has 0 atom stereocenters. The van der Waals surface area contributed by atoms with Crippen molar-refractivity contribution >= 4 is 22.4 Å². The summed E-state index contributed by atoms with van der Waals surface area (Å²) in [4.78, 5) is 0.174. The van der Waals surface area contributed by atoms with Gasteiger partial charge in [0.25, 0.3) is 0 Å². The van der Waals surface area contributed by atoms with Gasteiger partial charge in [0.15, 0.2) is 0 Å². The van der Waals surface area contributed by atoms with Crippen LogP contribution in [0.2, 0.25) is 0 Å². The Bertz CT molecular complexity index is 532. The highest BCUT2D eigenvalue weighted by Crippen LogP contribution is 2.22. The van der Waals surface area contributed by atoms with E-state index in [9.17, 15) is 12.8 Å². The minimum atomic E-state index is -3.52. The highest BCUT2D eigenvalue weighted by molar-refractivity contribution is 7.89. The molecule has 0 aromatic heterocycles. The molecule has 102 valence electrons. The van der Waals surface area contributed by atoms with Gasteiger partial charge < -0.3 is 5.32 Å². The van der Waals surface area contributed by atoms with Crippen molar-refractivity contribution in [3.63, 3.8) is 0 Å². The van der Waals surface area contributed by atoms with Crippen LogP contribution in [0.15, 0.2) is 23.1 Å². The van der Waals surface area contributed by atoms with Crippen LogP contribution in [-0.2, 0) is 10.0 Å². The van der Waals surface area contributed by atoms with Gasteiger partial charge in [-0.2, -0.15) is 4.31 Å². The zero-order valence-corrected chi connectivity index (χ0v) is 11.8. The molecule has 4 nitrogen and oxygen atoms in total. The molecular formula is C11H16ClFN2O2S. The number of aryl methyl sites for hydroxylation is 1. The molecule has 0 saturated carbocycles. The lowest BCUT2D eigenvalue weighted by molar-refractivity contribution is 0.274. The van der Waals surface area contributed by atoms with Crippen molar-refractivity contribution in [3.05, 3.63) is 29.6 Å². The number of benzene rings is 1. The molecule has 1 aliphatic heterocycles. The fourth-order valence-electron chi connectivity index (χ4n) is 1.78.